The second-order valence-corrected chi connectivity index (χ2v) is 8.66. The standard InChI is InChI=1S/C20H35NO6/c1-5-8-14(17(25)27-19(2,3)4)12-20(9-6-7-10-20)18(26)21-15(13-22)11-16(23)24/h14-15,22H,5-13H2,1-4H3,(H,21,26)(H,23,24)/t14-,15+/m0/s1. The van der Waals surface area contributed by atoms with Gasteiger partial charge in [-0.25, -0.2) is 0 Å². The molecule has 7 nitrogen and oxygen atoms in total. The third-order valence-corrected chi connectivity index (χ3v) is 5.03. The molecule has 1 fully saturated rings. The molecule has 0 spiro atoms. The van der Waals surface area contributed by atoms with E-state index in [0.29, 0.717) is 25.7 Å². The molecule has 0 aromatic heterocycles. The molecule has 0 radical (unpaired) electrons. The molecule has 0 heterocycles. The molecule has 0 unspecified atom stereocenters. The van der Waals surface area contributed by atoms with Crippen LogP contribution in [-0.4, -0.2) is 46.3 Å². The van der Waals surface area contributed by atoms with Gasteiger partial charge in [0, 0.05) is 0 Å². The quantitative estimate of drug-likeness (QED) is 0.498. The lowest BCUT2D eigenvalue weighted by Gasteiger charge is -2.33. The summed E-state index contributed by atoms with van der Waals surface area (Å²) in [6, 6.07) is -0.821. The molecule has 1 saturated carbocycles. The number of ether oxygens (including phenoxy) is 1. The Morgan fingerprint density at radius 2 is 1.78 bits per heavy atom. The number of hydrogen-bond donors (Lipinski definition) is 3. The van der Waals surface area contributed by atoms with E-state index in [4.69, 9.17) is 9.84 Å². The highest BCUT2D eigenvalue weighted by molar-refractivity contribution is 5.85. The Morgan fingerprint density at radius 1 is 1.19 bits per heavy atom. The zero-order valence-electron chi connectivity index (χ0n) is 17.0. The highest BCUT2D eigenvalue weighted by Crippen LogP contribution is 2.44. The van der Waals surface area contributed by atoms with Crippen LogP contribution in [0.1, 0.15) is 79.1 Å². The van der Waals surface area contributed by atoms with Crippen molar-refractivity contribution in [2.75, 3.05) is 6.61 Å². The van der Waals surface area contributed by atoms with Crippen molar-refractivity contribution in [2.24, 2.45) is 11.3 Å². The number of carboxylic acid groups (broad SMARTS) is 1. The highest BCUT2D eigenvalue weighted by atomic mass is 16.6. The van der Waals surface area contributed by atoms with Gasteiger partial charge in [-0.3, -0.25) is 14.4 Å². The van der Waals surface area contributed by atoms with E-state index in [9.17, 15) is 19.5 Å². The highest BCUT2D eigenvalue weighted by Gasteiger charge is 2.45. The van der Waals surface area contributed by atoms with E-state index in [1.807, 2.05) is 27.7 Å². The van der Waals surface area contributed by atoms with Crippen LogP contribution in [0.3, 0.4) is 0 Å². The lowest BCUT2D eigenvalue weighted by molar-refractivity contribution is -0.162. The van der Waals surface area contributed by atoms with Crippen molar-refractivity contribution in [3.05, 3.63) is 0 Å². The van der Waals surface area contributed by atoms with Crippen LogP contribution in [0.5, 0.6) is 0 Å². The Labute approximate surface area is 161 Å². The normalized spacial score (nSPS) is 18.6. The summed E-state index contributed by atoms with van der Waals surface area (Å²) in [6.07, 6.45) is 4.62. The van der Waals surface area contributed by atoms with E-state index in [2.05, 4.69) is 5.32 Å². The molecule has 2 atom stereocenters. The second-order valence-electron chi connectivity index (χ2n) is 8.66. The van der Waals surface area contributed by atoms with Crippen molar-refractivity contribution in [3.8, 4) is 0 Å². The SMILES string of the molecule is CCC[C@@H](CC1(C(=O)N[C@@H](CO)CC(=O)O)CCCC1)C(=O)OC(C)(C)C. The molecule has 1 amide bonds. The monoisotopic (exact) mass is 385 g/mol. The van der Waals surface area contributed by atoms with Gasteiger partial charge in [0.2, 0.25) is 5.91 Å². The van der Waals surface area contributed by atoms with Gasteiger partial charge in [0.05, 0.1) is 30.4 Å². The summed E-state index contributed by atoms with van der Waals surface area (Å²) in [5.74, 6) is -1.99. The van der Waals surface area contributed by atoms with Crippen molar-refractivity contribution >= 4 is 17.8 Å². The molecular formula is C20H35NO6. The van der Waals surface area contributed by atoms with Crippen LogP contribution in [-0.2, 0) is 19.1 Å². The maximum Gasteiger partial charge on any atom is 0.309 e. The molecule has 1 aliphatic carbocycles. The first-order valence-corrected chi connectivity index (χ1v) is 9.89. The van der Waals surface area contributed by atoms with E-state index in [1.165, 1.54) is 0 Å². The van der Waals surface area contributed by atoms with Crippen LogP contribution >= 0.6 is 0 Å². The largest absolute Gasteiger partial charge is 0.481 e. The number of rotatable bonds is 10. The predicted molar refractivity (Wildman–Crippen MR) is 101 cm³/mol. The number of carboxylic acids is 1. The van der Waals surface area contributed by atoms with E-state index in [0.717, 1.165) is 19.3 Å². The Hall–Kier alpha value is -1.63. The minimum Gasteiger partial charge on any atom is -0.481 e. The zero-order valence-corrected chi connectivity index (χ0v) is 17.0. The predicted octanol–water partition coefficient (Wildman–Crippen LogP) is 2.65. The van der Waals surface area contributed by atoms with E-state index in [1.54, 1.807) is 0 Å². The fraction of sp³-hybridized carbons (Fsp3) is 0.850. The summed E-state index contributed by atoms with van der Waals surface area (Å²) >= 11 is 0. The lowest BCUT2D eigenvalue weighted by Crippen LogP contribution is -2.48. The number of esters is 1. The number of aliphatic hydroxyl groups is 1. The van der Waals surface area contributed by atoms with Crippen LogP contribution in [0.25, 0.3) is 0 Å². The van der Waals surface area contributed by atoms with Crippen molar-refractivity contribution in [3.63, 3.8) is 0 Å². The van der Waals surface area contributed by atoms with Crippen molar-refractivity contribution in [1.29, 1.82) is 0 Å². The molecule has 0 aromatic rings. The molecule has 0 saturated heterocycles. The summed E-state index contributed by atoms with van der Waals surface area (Å²) in [5.41, 5.74) is -1.29. The van der Waals surface area contributed by atoms with Gasteiger partial charge >= 0.3 is 11.9 Å². The van der Waals surface area contributed by atoms with Gasteiger partial charge in [-0.05, 0) is 46.5 Å². The fourth-order valence-electron chi connectivity index (χ4n) is 3.79. The molecule has 156 valence electrons. The molecule has 0 aliphatic heterocycles. The third kappa shape index (κ3) is 7.48. The summed E-state index contributed by atoms with van der Waals surface area (Å²) < 4.78 is 5.55. The molecule has 27 heavy (non-hydrogen) atoms. The van der Waals surface area contributed by atoms with Crippen LogP contribution in [0.15, 0.2) is 0 Å². The number of nitrogens with one attached hydrogen (secondary N) is 1. The number of amides is 1. The summed E-state index contributed by atoms with van der Waals surface area (Å²) in [7, 11) is 0. The molecule has 3 N–H and O–H groups in total. The van der Waals surface area contributed by atoms with Gasteiger partial charge < -0.3 is 20.3 Å². The van der Waals surface area contributed by atoms with Gasteiger partial charge in [0.1, 0.15) is 5.60 Å². The summed E-state index contributed by atoms with van der Waals surface area (Å²) in [5, 5.41) is 21.0. The average Bonchev–Trinajstić information content (AvgIpc) is 3.01. The van der Waals surface area contributed by atoms with E-state index < -0.39 is 29.6 Å². The Balaban J connectivity index is 2.94. The maximum absolute atomic E-state index is 13.0. The molecule has 0 bridgehead atoms. The molecule has 1 aliphatic rings. The fourth-order valence-corrected chi connectivity index (χ4v) is 3.79. The molecule has 7 heteroatoms. The Kier molecular flexibility index (Phi) is 8.72. The number of carbonyl (C=O) groups is 3. The molecule has 1 rings (SSSR count). The van der Waals surface area contributed by atoms with Crippen molar-refractivity contribution in [2.45, 2.75) is 90.7 Å². The molecule has 0 aromatic carbocycles. The van der Waals surface area contributed by atoms with E-state index >= 15 is 0 Å². The summed E-state index contributed by atoms with van der Waals surface area (Å²) in [6.45, 7) is 7.03. The van der Waals surface area contributed by atoms with Crippen LogP contribution < -0.4 is 5.32 Å². The van der Waals surface area contributed by atoms with Crippen LogP contribution in [0.2, 0.25) is 0 Å². The minimum atomic E-state index is -1.08. The first kappa shape index (κ1) is 23.4. The Morgan fingerprint density at radius 3 is 2.22 bits per heavy atom. The third-order valence-electron chi connectivity index (χ3n) is 5.03. The number of carbonyl (C=O) groups excluding carboxylic acids is 2. The lowest BCUT2D eigenvalue weighted by atomic mass is 9.75. The van der Waals surface area contributed by atoms with E-state index in [-0.39, 0.29) is 24.2 Å². The van der Waals surface area contributed by atoms with Crippen LogP contribution in [0.4, 0.5) is 0 Å². The Bertz CT molecular complexity index is 519. The first-order chi connectivity index (χ1) is 12.5. The first-order valence-electron chi connectivity index (χ1n) is 9.89. The second kappa shape index (κ2) is 10.1. The van der Waals surface area contributed by atoms with Crippen molar-refractivity contribution in [1.82, 2.24) is 5.32 Å². The number of aliphatic carboxylic acids is 1. The van der Waals surface area contributed by atoms with Crippen molar-refractivity contribution < 1.29 is 29.3 Å². The maximum atomic E-state index is 13.0. The average molecular weight is 386 g/mol. The van der Waals surface area contributed by atoms with Gasteiger partial charge in [-0.2, -0.15) is 0 Å². The number of hydrogen-bond acceptors (Lipinski definition) is 5. The molecular weight excluding hydrogens is 350 g/mol. The topological polar surface area (TPSA) is 113 Å². The number of aliphatic hydroxyl groups excluding tert-OH is 1. The summed E-state index contributed by atoms with van der Waals surface area (Å²) in [4.78, 5) is 36.6. The van der Waals surface area contributed by atoms with Gasteiger partial charge in [0.25, 0.3) is 0 Å². The zero-order chi connectivity index (χ0) is 20.7. The van der Waals surface area contributed by atoms with Gasteiger partial charge in [0.15, 0.2) is 0 Å². The minimum absolute atomic E-state index is 0.259. The smallest absolute Gasteiger partial charge is 0.309 e. The van der Waals surface area contributed by atoms with Crippen LogP contribution in [0, 0.1) is 11.3 Å². The van der Waals surface area contributed by atoms with Gasteiger partial charge in [-0.15, -0.1) is 0 Å². The van der Waals surface area contributed by atoms with Gasteiger partial charge in [-0.1, -0.05) is 26.2 Å².